The highest BCUT2D eigenvalue weighted by Crippen LogP contribution is 2.35. The lowest BCUT2D eigenvalue weighted by molar-refractivity contribution is 0.311. The molecule has 4 nitrogen and oxygen atoms in total. The van der Waals surface area contributed by atoms with Crippen molar-refractivity contribution in [2.24, 2.45) is 5.10 Å². The topological polar surface area (TPSA) is 42.8 Å². The van der Waals surface area contributed by atoms with Gasteiger partial charge in [0.25, 0.3) is 0 Å². The maximum absolute atomic E-state index is 6.20. The molecule has 2 aromatic carbocycles. The van der Waals surface area contributed by atoms with E-state index in [0.717, 1.165) is 11.1 Å². The number of nitrogens with one attached hydrogen (secondary N) is 1. The van der Waals surface area contributed by atoms with Crippen molar-refractivity contribution in [1.82, 2.24) is 5.43 Å². The van der Waals surface area contributed by atoms with Gasteiger partial charge in [-0.3, -0.25) is 0 Å². The molecule has 0 aliphatic rings. The smallest absolute Gasteiger partial charge is 0.179 e. The summed E-state index contributed by atoms with van der Waals surface area (Å²) in [5, 5.41) is 5.81. The van der Waals surface area contributed by atoms with Crippen molar-refractivity contribution < 1.29 is 9.47 Å². The summed E-state index contributed by atoms with van der Waals surface area (Å²) in [6, 6.07) is 8.92. The zero-order chi connectivity index (χ0) is 17.5. The van der Waals surface area contributed by atoms with Crippen molar-refractivity contribution in [3.63, 3.8) is 0 Å². The molecule has 2 aromatic rings. The van der Waals surface area contributed by atoms with Gasteiger partial charge >= 0.3 is 0 Å². The Morgan fingerprint density at radius 2 is 1.83 bits per heavy atom. The van der Waals surface area contributed by atoms with Gasteiger partial charge < -0.3 is 14.9 Å². The van der Waals surface area contributed by atoms with Gasteiger partial charge in [-0.15, -0.1) is 0 Å². The van der Waals surface area contributed by atoms with Gasteiger partial charge in [0.05, 0.1) is 31.5 Å². The van der Waals surface area contributed by atoms with Crippen LogP contribution in [0.5, 0.6) is 11.5 Å². The molecule has 2 rings (SSSR count). The van der Waals surface area contributed by atoms with Gasteiger partial charge in [-0.2, -0.15) is 5.10 Å². The van der Waals surface area contributed by atoms with E-state index >= 15 is 0 Å². The van der Waals surface area contributed by atoms with Crippen LogP contribution in [0.3, 0.4) is 0 Å². The summed E-state index contributed by atoms with van der Waals surface area (Å²) in [6.45, 7) is 2.82. The fourth-order valence-corrected chi connectivity index (χ4v) is 2.90. The van der Waals surface area contributed by atoms with E-state index in [1.54, 1.807) is 37.6 Å². The lowest BCUT2D eigenvalue weighted by Gasteiger charge is -2.11. The molecular formula is C17H17Cl3N2O2. The molecule has 0 fully saturated rings. The van der Waals surface area contributed by atoms with Crippen LogP contribution in [-0.2, 0) is 6.54 Å². The Bertz CT molecular complexity index is 716. The summed E-state index contributed by atoms with van der Waals surface area (Å²) in [4.78, 5) is 0. The van der Waals surface area contributed by atoms with E-state index in [-0.39, 0.29) is 0 Å². The van der Waals surface area contributed by atoms with Crippen molar-refractivity contribution in [2.75, 3.05) is 13.7 Å². The number of benzene rings is 2. The molecule has 0 aliphatic heterocycles. The molecule has 24 heavy (non-hydrogen) atoms. The van der Waals surface area contributed by atoms with Crippen LogP contribution in [0.15, 0.2) is 35.4 Å². The first kappa shape index (κ1) is 18.7. The lowest BCUT2D eigenvalue weighted by Crippen LogP contribution is -2.07. The zero-order valence-corrected chi connectivity index (χ0v) is 15.5. The third-order valence-corrected chi connectivity index (χ3v) is 4.15. The molecule has 0 radical (unpaired) electrons. The standard InChI is InChI=1S/C17H17Cl3N2O2/c1-3-24-16-8-11(7-15(20)17(16)23-2)9-21-22-10-12-13(18)5-4-6-14(12)19/h4-9,22H,3,10H2,1-2H3/b21-9+. The normalized spacial score (nSPS) is 10.9. The first-order valence-corrected chi connectivity index (χ1v) is 8.39. The van der Waals surface area contributed by atoms with E-state index < -0.39 is 0 Å². The molecule has 0 spiro atoms. The van der Waals surface area contributed by atoms with Crippen molar-refractivity contribution in [1.29, 1.82) is 0 Å². The van der Waals surface area contributed by atoms with Crippen molar-refractivity contribution in [2.45, 2.75) is 13.5 Å². The average Bonchev–Trinajstić information content (AvgIpc) is 2.54. The molecule has 0 aliphatic carbocycles. The molecule has 0 heterocycles. The molecule has 0 aromatic heterocycles. The van der Waals surface area contributed by atoms with Crippen molar-refractivity contribution >= 4 is 41.0 Å². The maximum Gasteiger partial charge on any atom is 0.179 e. The Morgan fingerprint density at radius 3 is 2.46 bits per heavy atom. The maximum atomic E-state index is 6.20. The number of halogens is 3. The molecule has 0 saturated carbocycles. The van der Waals surface area contributed by atoms with E-state index in [1.807, 2.05) is 13.0 Å². The van der Waals surface area contributed by atoms with Gasteiger partial charge in [0.1, 0.15) is 0 Å². The molecule has 0 bridgehead atoms. The predicted octanol–water partition coefficient (Wildman–Crippen LogP) is 5.18. The summed E-state index contributed by atoms with van der Waals surface area (Å²) in [5.41, 5.74) is 4.49. The lowest BCUT2D eigenvalue weighted by atomic mass is 10.2. The summed E-state index contributed by atoms with van der Waals surface area (Å²) >= 11 is 18.4. The monoisotopic (exact) mass is 386 g/mol. The second-order valence-electron chi connectivity index (χ2n) is 4.76. The van der Waals surface area contributed by atoms with Crippen LogP contribution in [0.25, 0.3) is 0 Å². The Hall–Kier alpha value is -1.62. The quantitative estimate of drug-likeness (QED) is 0.526. The molecule has 0 atom stereocenters. The molecule has 0 amide bonds. The third kappa shape index (κ3) is 4.69. The summed E-state index contributed by atoms with van der Waals surface area (Å²) in [7, 11) is 1.55. The minimum atomic E-state index is 0.414. The van der Waals surface area contributed by atoms with Crippen LogP contribution in [0, 0.1) is 0 Å². The highest BCUT2D eigenvalue weighted by atomic mass is 35.5. The van der Waals surface area contributed by atoms with Crippen LogP contribution in [0.1, 0.15) is 18.1 Å². The van der Waals surface area contributed by atoms with Gasteiger partial charge in [-0.25, -0.2) is 0 Å². The van der Waals surface area contributed by atoms with E-state index in [0.29, 0.717) is 39.7 Å². The molecular weight excluding hydrogens is 371 g/mol. The van der Waals surface area contributed by atoms with Gasteiger partial charge in [-0.05, 0) is 36.8 Å². The van der Waals surface area contributed by atoms with E-state index in [1.165, 1.54) is 0 Å². The minimum Gasteiger partial charge on any atom is -0.491 e. The Balaban J connectivity index is 2.09. The highest BCUT2D eigenvalue weighted by molar-refractivity contribution is 6.36. The average molecular weight is 388 g/mol. The predicted molar refractivity (Wildman–Crippen MR) is 100 cm³/mol. The molecule has 1 N–H and O–H groups in total. The van der Waals surface area contributed by atoms with E-state index in [9.17, 15) is 0 Å². The third-order valence-electron chi connectivity index (χ3n) is 3.16. The fraction of sp³-hybridized carbons (Fsp3) is 0.235. The van der Waals surface area contributed by atoms with Crippen LogP contribution in [-0.4, -0.2) is 19.9 Å². The van der Waals surface area contributed by atoms with Gasteiger partial charge in [0, 0.05) is 15.6 Å². The largest absolute Gasteiger partial charge is 0.491 e. The first-order valence-electron chi connectivity index (χ1n) is 7.26. The Kier molecular flexibility index (Phi) is 7.03. The van der Waals surface area contributed by atoms with E-state index in [4.69, 9.17) is 44.3 Å². The van der Waals surface area contributed by atoms with Gasteiger partial charge in [0.15, 0.2) is 11.5 Å². The minimum absolute atomic E-state index is 0.414. The van der Waals surface area contributed by atoms with Crippen LogP contribution in [0.2, 0.25) is 15.1 Å². The van der Waals surface area contributed by atoms with Crippen LogP contribution < -0.4 is 14.9 Å². The number of hydrogen-bond donors (Lipinski definition) is 1. The Morgan fingerprint density at radius 1 is 1.12 bits per heavy atom. The molecule has 128 valence electrons. The zero-order valence-electron chi connectivity index (χ0n) is 13.3. The van der Waals surface area contributed by atoms with E-state index in [2.05, 4.69) is 10.5 Å². The van der Waals surface area contributed by atoms with Gasteiger partial charge in [-0.1, -0.05) is 40.9 Å². The second kappa shape index (κ2) is 9.02. The number of nitrogens with zero attached hydrogens (tertiary/aromatic N) is 1. The summed E-state index contributed by atoms with van der Waals surface area (Å²) in [5.74, 6) is 1.08. The van der Waals surface area contributed by atoms with Crippen molar-refractivity contribution in [3.8, 4) is 11.5 Å². The number of ether oxygens (including phenoxy) is 2. The number of hydrazone groups is 1. The molecule has 7 heteroatoms. The van der Waals surface area contributed by atoms with Crippen LogP contribution in [0.4, 0.5) is 0 Å². The number of hydrogen-bond acceptors (Lipinski definition) is 4. The summed E-state index contributed by atoms with van der Waals surface area (Å²) < 4.78 is 10.8. The van der Waals surface area contributed by atoms with Crippen molar-refractivity contribution in [3.05, 3.63) is 56.5 Å². The highest BCUT2D eigenvalue weighted by Gasteiger charge is 2.10. The SMILES string of the molecule is CCOc1cc(/C=N/NCc2c(Cl)cccc2Cl)cc(Cl)c1OC. The second-order valence-corrected chi connectivity index (χ2v) is 5.98. The fourth-order valence-electron chi connectivity index (χ4n) is 2.07. The van der Waals surface area contributed by atoms with Crippen LogP contribution >= 0.6 is 34.8 Å². The molecule has 0 saturated heterocycles. The Labute approximate surface area is 156 Å². The molecule has 0 unspecified atom stereocenters. The number of rotatable bonds is 7. The van der Waals surface area contributed by atoms with Gasteiger partial charge in [0.2, 0.25) is 0 Å². The first-order chi connectivity index (χ1) is 11.6. The summed E-state index contributed by atoms with van der Waals surface area (Å²) in [6.07, 6.45) is 1.64. The number of methoxy groups -OCH3 is 1.